The number of pyridine rings is 1. The molecule has 9 heteroatoms. The summed E-state index contributed by atoms with van der Waals surface area (Å²) in [6, 6.07) is 0.944. The van der Waals surface area contributed by atoms with Crippen molar-refractivity contribution >= 4 is 32.0 Å². The van der Waals surface area contributed by atoms with Gasteiger partial charge in [0.05, 0.1) is 0 Å². The normalized spacial score (nSPS) is 20.1. The van der Waals surface area contributed by atoms with Gasteiger partial charge in [-0.3, -0.25) is 4.98 Å². The lowest BCUT2D eigenvalue weighted by Gasteiger charge is -2.31. The van der Waals surface area contributed by atoms with Gasteiger partial charge in [-0.2, -0.15) is 4.31 Å². The third kappa shape index (κ3) is 4.14. The molecule has 116 valence electrons. The number of aromatic nitrogens is 1. The Balaban J connectivity index is 2.11. The third-order valence-corrected chi connectivity index (χ3v) is 5.63. The molecule has 0 aliphatic carbocycles. The number of sulfonamides is 1. The van der Waals surface area contributed by atoms with E-state index in [2.05, 4.69) is 26.2 Å². The highest BCUT2D eigenvalue weighted by molar-refractivity contribution is 9.10. The monoisotopic (exact) mass is 376 g/mol. The van der Waals surface area contributed by atoms with Crippen molar-refractivity contribution in [3.8, 4) is 0 Å². The van der Waals surface area contributed by atoms with Gasteiger partial charge >= 0.3 is 6.03 Å². The number of hydrogen-bond donors (Lipinski definition) is 2. The van der Waals surface area contributed by atoms with Crippen molar-refractivity contribution in [1.29, 1.82) is 0 Å². The number of urea groups is 1. The first-order valence-corrected chi connectivity index (χ1v) is 8.77. The number of nitrogens with zero attached hydrogens (tertiary/aromatic N) is 2. The predicted octanol–water partition coefficient (Wildman–Crippen LogP) is 0.913. The first kappa shape index (κ1) is 16.2. The van der Waals surface area contributed by atoms with Crippen LogP contribution in [0.15, 0.2) is 27.8 Å². The van der Waals surface area contributed by atoms with E-state index in [0.717, 1.165) is 12.8 Å². The predicted molar refractivity (Wildman–Crippen MR) is 81.0 cm³/mol. The van der Waals surface area contributed by atoms with Gasteiger partial charge in [0, 0.05) is 36.5 Å². The highest BCUT2D eigenvalue weighted by Gasteiger charge is 2.30. The molecule has 1 atom stereocenters. The number of nitrogens with two attached hydrogens (primary N) is 1. The molecule has 1 aliphatic heterocycles. The van der Waals surface area contributed by atoms with Crippen molar-refractivity contribution in [1.82, 2.24) is 14.6 Å². The van der Waals surface area contributed by atoms with E-state index in [1.54, 1.807) is 0 Å². The average molecular weight is 377 g/mol. The van der Waals surface area contributed by atoms with E-state index in [0.29, 0.717) is 24.1 Å². The van der Waals surface area contributed by atoms with Crippen LogP contribution in [0.1, 0.15) is 12.8 Å². The fourth-order valence-corrected chi connectivity index (χ4v) is 4.40. The third-order valence-electron chi connectivity index (χ3n) is 3.36. The molecule has 1 saturated heterocycles. The van der Waals surface area contributed by atoms with Crippen molar-refractivity contribution in [2.75, 3.05) is 19.6 Å². The smallest absolute Gasteiger partial charge is 0.312 e. The number of carbonyl (C=O) groups excluding carboxylic acids is 1. The average Bonchev–Trinajstić information content (AvgIpc) is 2.45. The molecule has 1 aliphatic rings. The summed E-state index contributed by atoms with van der Waals surface area (Å²) in [5.41, 5.74) is 5.04. The van der Waals surface area contributed by atoms with Gasteiger partial charge in [-0.1, -0.05) is 0 Å². The minimum atomic E-state index is -3.56. The largest absolute Gasteiger partial charge is 0.352 e. The van der Waals surface area contributed by atoms with E-state index < -0.39 is 16.1 Å². The molecule has 7 nitrogen and oxygen atoms in total. The van der Waals surface area contributed by atoms with Gasteiger partial charge in [-0.25, -0.2) is 13.2 Å². The van der Waals surface area contributed by atoms with Crippen LogP contribution in [0.5, 0.6) is 0 Å². The van der Waals surface area contributed by atoms with E-state index in [1.807, 2.05) is 0 Å². The van der Waals surface area contributed by atoms with Crippen LogP contribution < -0.4 is 11.1 Å². The maximum Gasteiger partial charge on any atom is 0.312 e. The molecule has 0 aromatic carbocycles. The minimum Gasteiger partial charge on any atom is -0.352 e. The molecule has 3 N–H and O–H groups in total. The van der Waals surface area contributed by atoms with Crippen molar-refractivity contribution in [2.24, 2.45) is 11.7 Å². The van der Waals surface area contributed by atoms with Gasteiger partial charge in [0.15, 0.2) is 0 Å². The molecular formula is C12H17BrN4O3S. The molecule has 0 saturated carbocycles. The molecule has 1 aromatic heterocycles. The highest BCUT2D eigenvalue weighted by Crippen LogP contribution is 2.24. The maximum atomic E-state index is 12.6. The molecule has 0 bridgehead atoms. The zero-order valence-electron chi connectivity index (χ0n) is 11.3. The van der Waals surface area contributed by atoms with Crippen LogP contribution in [0.25, 0.3) is 0 Å². The summed E-state index contributed by atoms with van der Waals surface area (Å²) in [6.45, 7) is 1.23. The summed E-state index contributed by atoms with van der Waals surface area (Å²) >= 11 is 3.22. The van der Waals surface area contributed by atoms with Gasteiger partial charge in [0.1, 0.15) is 4.90 Å². The van der Waals surface area contributed by atoms with Gasteiger partial charge in [0.25, 0.3) is 0 Å². The van der Waals surface area contributed by atoms with E-state index in [4.69, 9.17) is 5.73 Å². The number of amides is 2. The highest BCUT2D eigenvalue weighted by atomic mass is 79.9. The quantitative estimate of drug-likeness (QED) is 0.814. The van der Waals surface area contributed by atoms with Gasteiger partial charge in [-0.05, 0) is 40.8 Å². The summed E-state index contributed by atoms with van der Waals surface area (Å²) < 4.78 is 27.2. The second-order valence-electron chi connectivity index (χ2n) is 4.96. The Morgan fingerprint density at radius 2 is 2.29 bits per heavy atom. The lowest BCUT2D eigenvalue weighted by atomic mass is 10.00. The van der Waals surface area contributed by atoms with Crippen molar-refractivity contribution in [2.45, 2.75) is 17.7 Å². The van der Waals surface area contributed by atoms with Crippen molar-refractivity contribution in [3.63, 3.8) is 0 Å². The van der Waals surface area contributed by atoms with Crippen LogP contribution >= 0.6 is 15.9 Å². The van der Waals surface area contributed by atoms with E-state index in [9.17, 15) is 13.2 Å². The Bertz CT molecular complexity index is 623. The van der Waals surface area contributed by atoms with Crippen LogP contribution in [-0.2, 0) is 10.0 Å². The van der Waals surface area contributed by atoms with Crippen LogP contribution in [0.4, 0.5) is 4.79 Å². The van der Waals surface area contributed by atoms with Gasteiger partial charge in [-0.15, -0.1) is 0 Å². The lowest BCUT2D eigenvalue weighted by Crippen LogP contribution is -2.44. The van der Waals surface area contributed by atoms with Crippen molar-refractivity contribution in [3.05, 3.63) is 22.9 Å². The Morgan fingerprint density at radius 3 is 2.95 bits per heavy atom. The van der Waals surface area contributed by atoms with Crippen molar-refractivity contribution < 1.29 is 13.2 Å². The summed E-state index contributed by atoms with van der Waals surface area (Å²) in [5, 5.41) is 2.53. The minimum absolute atomic E-state index is 0.0705. The van der Waals surface area contributed by atoms with E-state index >= 15 is 0 Å². The number of rotatable bonds is 4. The molecule has 1 unspecified atom stereocenters. The van der Waals surface area contributed by atoms with Crippen LogP contribution in [-0.4, -0.2) is 43.4 Å². The molecule has 2 heterocycles. The number of piperidine rings is 1. The number of primary amides is 1. The van der Waals surface area contributed by atoms with Crippen LogP contribution in [0, 0.1) is 5.92 Å². The first-order chi connectivity index (χ1) is 9.89. The molecule has 2 amide bonds. The molecule has 2 rings (SSSR count). The number of carbonyl (C=O) groups is 1. The molecule has 1 fully saturated rings. The topological polar surface area (TPSA) is 105 Å². The fraction of sp³-hybridized carbons (Fsp3) is 0.500. The lowest BCUT2D eigenvalue weighted by molar-refractivity contribution is 0.236. The second kappa shape index (κ2) is 6.71. The maximum absolute atomic E-state index is 12.6. The van der Waals surface area contributed by atoms with Crippen LogP contribution in [0.2, 0.25) is 0 Å². The summed E-state index contributed by atoms with van der Waals surface area (Å²) in [4.78, 5) is 14.8. The molecule has 0 radical (unpaired) electrons. The molecular weight excluding hydrogens is 360 g/mol. The molecule has 1 aromatic rings. The summed E-state index contributed by atoms with van der Waals surface area (Å²) in [7, 11) is -3.56. The summed E-state index contributed by atoms with van der Waals surface area (Å²) in [5.74, 6) is 0.0705. The van der Waals surface area contributed by atoms with E-state index in [-0.39, 0.29) is 10.8 Å². The van der Waals surface area contributed by atoms with Gasteiger partial charge < -0.3 is 11.1 Å². The number of hydrogen-bond acceptors (Lipinski definition) is 4. The first-order valence-electron chi connectivity index (χ1n) is 6.53. The fourth-order valence-electron chi connectivity index (χ4n) is 2.34. The zero-order chi connectivity index (χ0) is 15.5. The SMILES string of the molecule is NC(=O)NCC1CCCN(S(=O)(=O)c2cncc(Br)c2)C1. The van der Waals surface area contributed by atoms with E-state index in [1.165, 1.54) is 22.8 Å². The number of nitrogens with one attached hydrogen (secondary N) is 1. The summed E-state index contributed by atoms with van der Waals surface area (Å²) in [6.07, 6.45) is 4.50. The second-order valence-corrected chi connectivity index (χ2v) is 7.81. The Hall–Kier alpha value is -1.19. The Kier molecular flexibility index (Phi) is 5.17. The molecule has 0 spiro atoms. The van der Waals surface area contributed by atoms with Crippen LogP contribution in [0.3, 0.4) is 0 Å². The Morgan fingerprint density at radius 1 is 1.52 bits per heavy atom. The zero-order valence-corrected chi connectivity index (χ0v) is 13.7. The number of halogens is 1. The van der Waals surface area contributed by atoms with Gasteiger partial charge in [0.2, 0.25) is 10.0 Å². The molecule has 21 heavy (non-hydrogen) atoms. The standard InChI is InChI=1S/C12H17BrN4O3S/c13-10-4-11(7-15-6-10)21(19,20)17-3-1-2-9(8-17)5-16-12(14)18/h4,6-7,9H,1-3,5,8H2,(H3,14,16,18). The Labute approximate surface area is 132 Å².